The van der Waals surface area contributed by atoms with Crippen molar-refractivity contribution in [1.29, 1.82) is 0 Å². The predicted octanol–water partition coefficient (Wildman–Crippen LogP) is 3.63. The molecule has 0 aliphatic heterocycles. The molecule has 4 heteroatoms. The molecule has 0 saturated carbocycles. The van der Waals surface area contributed by atoms with Gasteiger partial charge >= 0.3 is 0 Å². The molecule has 16 heavy (non-hydrogen) atoms. The minimum atomic E-state index is 0.287. The molecule has 0 bridgehead atoms. The topological polar surface area (TPSA) is 26.3 Å². The summed E-state index contributed by atoms with van der Waals surface area (Å²) in [6.45, 7) is 5.00. The Hall–Kier alpha value is -0.480. The first kappa shape index (κ1) is 12.0. The van der Waals surface area contributed by atoms with Crippen molar-refractivity contribution in [2.24, 2.45) is 5.92 Å². The van der Waals surface area contributed by atoms with Crippen LogP contribution in [-0.2, 0) is 6.42 Å². The van der Waals surface area contributed by atoms with Crippen LogP contribution in [0.1, 0.15) is 36.2 Å². The SMILES string of the molecule is CSc1sc(OCC(C)C)c2c1C(=O)CC2. The van der Waals surface area contributed by atoms with Crippen molar-refractivity contribution in [3.05, 3.63) is 11.1 Å². The van der Waals surface area contributed by atoms with Crippen molar-refractivity contribution in [3.8, 4) is 5.06 Å². The van der Waals surface area contributed by atoms with Crippen LogP contribution in [0.15, 0.2) is 4.21 Å². The number of fused-ring (bicyclic) bond motifs is 1. The second-order valence-electron chi connectivity index (χ2n) is 4.36. The van der Waals surface area contributed by atoms with E-state index >= 15 is 0 Å². The van der Waals surface area contributed by atoms with Gasteiger partial charge < -0.3 is 4.74 Å². The second kappa shape index (κ2) is 4.80. The lowest BCUT2D eigenvalue weighted by molar-refractivity contribution is 0.0992. The van der Waals surface area contributed by atoms with Gasteiger partial charge in [0.05, 0.1) is 10.8 Å². The highest BCUT2D eigenvalue weighted by Crippen LogP contribution is 2.45. The number of rotatable bonds is 4. The molecule has 1 aromatic heterocycles. The molecule has 0 N–H and O–H groups in total. The first-order valence-electron chi connectivity index (χ1n) is 5.49. The number of hydrogen-bond donors (Lipinski definition) is 0. The van der Waals surface area contributed by atoms with Gasteiger partial charge in [-0.2, -0.15) is 0 Å². The molecule has 0 radical (unpaired) electrons. The van der Waals surface area contributed by atoms with Crippen LogP contribution in [0.4, 0.5) is 0 Å². The van der Waals surface area contributed by atoms with Crippen LogP contribution in [-0.4, -0.2) is 18.6 Å². The molecule has 2 nitrogen and oxygen atoms in total. The molecular formula is C12H16O2S2. The molecule has 0 fully saturated rings. The summed E-state index contributed by atoms with van der Waals surface area (Å²) in [5, 5.41) is 0.971. The van der Waals surface area contributed by atoms with Crippen LogP contribution in [0.5, 0.6) is 5.06 Å². The highest BCUT2D eigenvalue weighted by atomic mass is 32.2. The van der Waals surface area contributed by atoms with Gasteiger partial charge in [0.25, 0.3) is 0 Å². The lowest BCUT2D eigenvalue weighted by atomic mass is 10.2. The van der Waals surface area contributed by atoms with E-state index in [-0.39, 0.29) is 5.78 Å². The summed E-state index contributed by atoms with van der Waals surface area (Å²) in [5.41, 5.74) is 2.09. The number of Topliss-reactive ketones (excluding diaryl/α,β-unsaturated/α-hetero) is 1. The maximum Gasteiger partial charge on any atom is 0.178 e. The van der Waals surface area contributed by atoms with Gasteiger partial charge in [0.2, 0.25) is 0 Å². The third kappa shape index (κ3) is 2.13. The van der Waals surface area contributed by atoms with Crippen molar-refractivity contribution in [2.75, 3.05) is 12.9 Å². The van der Waals surface area contributed by atoms with Crippen molar-refractivity contribution < 1.29 is 9.53 Å². The molecule has 2 rings (SSSR count). The van der Waals surface area contributed by atoms with Gasteiger partial charge in [0.15, 0.2) is 10.8 Å². The summed E-state index contributed by atoms with van der Waals surface area (Å²) < 4.78 is 6.92. The van der Waals surface area contributed by atoms with Crippen molar-refractivity contribution in [2.45, 2.75) is 30.9 Å². The minimum Gasteiger partial charge on any atom is -0.483 e. The number of ether oxygens (including phenoxy) is 1. The molecule has 0 atom stereocenters. The van der Waals surface area contributed by atoms with Crippen LogP contribution in [0.2, 0.25) is 0 Å². The summed E-state index contributed by atoms with van der Waals surface area (Å²) in [7, 11) is 0. The van der Waals surface area contributed by atoms with E-state index in [9.17, 15) is 4.79 Å². The maximum absolute atomic E-state index is 11.7. The van der Waals surface area contributed by atoms with E-state index in [0.29, 0.717) is 12.3 Å². The molecule has 0 spiro atoms. The van der Waals surface area contributed by atoms with Crippen LogP contribution in [0.3, 0.4) is 0 Å². The molecule has 1 heterocycles. The number of hydrogen-bond acceptors (Lipinski definition) is 4. The average molecular weight is 256 g/mol. The Balaban J connectivity index is 2.27. The Morgan fingerprint density at radius 2 is 2.19 bits per heavy atom. The number of ketones is 1. The quantitative estimate of drug-likeness (QED) is 0.769. The molecule has 1 aliphatic carbocycles. The van der Waals surface area contributed by atoms with E-state index in [4.69, 9.17) is 4.74 Å². The predicted molar refractivity (Wildman–Crippen MR) is 69.1 cm³/mol. The maximum atomic E-state index is 11.7. The minimum absolute atomic E-state index is 0.287. The summed E-state index contributed by atoms with van der Waals surface area (Å²) in [5.74, 6) is 0.808. The summed E-state index contributed by atoms with van der Waals surface area (Å²) in [6.07, 6.45) is 3.53. The molecule has 88 valence electrons. The fraction of sp³-hybridized carbons (Fsp3) is 0.583. The fourth-order valence-electron chi connectivity index (χ4n) is 1.80. The van der Waals surface area contributed by atoms with E-state index in [1.54, 1.807) is 23.1 Å². The van der Waals surface area contributed by atoms with Crippen molar-refractivity contribution in [1.82, 2.24) is 0 Å². The highest BCUT2D eigenvalue weighted by Gasteiger charge is 2.29. The third-order valence-corrected chi connectivity index (χ3v) is 4.82. The third-order valence-electron chi connectivity index (χ3n) is 2.55. The Morgan fingerprint density at radius 1 is 1.44 bits per heavy atom. The summed E-state index contributed by atoms with van der Waals surface area (Å²) in [4.78, 5) is 11.7. The number of thioether (sulfide) groups is 1. The Bertz CT molecular complexity index is 407. The van der Waals surface area contributed by atoms with E-state index in [1.165, 1.54) is 0 Å². The number of thiophene rings is 1. The Labute approximate surface area is 104 Å². The molecule has 0 aromatic carbocycles. The first-order valence-corrected chi connectivity index (χ1v) is 7.53. The normalized spacial score (nSPS) is 14.6. The van der Waals surface area contributed by atoms with Crippen molar-refractivity contribution in [3.63, 3.8) is 0 Å². The molecule has 0 saturated heterocycles. The Morgan fingerprint density at radius 3 is 2.81 bits per heavy atom. The second-order valence-corrected chi connectivity index (χ2v) is 6.42. The molecule has 1 aliphatic rings. The van der Waals surface area contributed by atoms with Crippen LogP contribution >= 0.6 is 23.1 Å². The smallest absolute Gasteiger partial charge is 0.178 e. The zero-order valence-electron chi connectivity index (χ0n) is 9.83. The lowest BCUT2D eigenvalue weighted by Crippen LogP contribution is -2.04. The Kier molecular flexibility index (Phi) is 3.60. The van der Waals surface area contributed by atoms with E-state index in [1.807, 2.05) is 6.26 Å². The molecule has 0 amide bonds. The zero-order chi connectivity index (χ0) is 11.7. The van der Waals surface area contributed by atoms with E-state index < -0.39 is 0 Å². The van der Waals surface area contributed by atoms with Gasteiger partial charge in [-0.3, -0.25) is 4.79 Å². The standard InChI is InChI=1S/C12H16O2S2/c1-7(2)6-14-11-8-4-5-9(13)10(8)12(15-3)16-11/h7H,4-6H2,1-3H3. The van der Waals surface area contributed by atoms with Crippen LogP contribution < -0.4 is 4.74 Å². The van der Waals surface area contributed by atoms with Gasteiger partial charge in [-0.25, -0.2) is 0 Å². The number of carbonyl (C=O) groups is 1. The molecular weight excluding hydrogens is 240 g/mol. The lowest BCUT2D eigenvalue weighted by Gasteiger charge is -2.07. The van der Waals surface area contributed by atoms with Gasteiger partial charge in [0.1, 0.15) is 0 Å². The monoisotopic (exact) mass is 256 g/mol. The van der Waals surface area contributed by atoms with Gasteiger partial charge in [-0.05, 0) is 18.6 Å². The van der Waals surface area contributed by atoms with Gasteiger partial charge in [-0.15, -0.1) is 11.8 Å². The molecule has 0 unspecified atom stereocenters. The fourth-order valence-corrected chi connectivity index (χ4v) is 3.76. The zero-order valence-corrected chi connectivity index (χ0v) is 11.5. The van der Waals surface area contributed by atoms with Crippen LogP contribution in [0.25, 0.3) is 0 Å². The van der Waals surface area contributed by atoms with E-state index in [0.717, 1.165) is 33.4 Å². The average Bonchev–Trinajstić information content (AvgIpc) is 2.77. The molecule has 1 aromatic rings. The first-order chi connectivity index (χ1) is 7.63. The summed E-state index contributed by atoms with van der Waals surface area (Å²) >= 11 is 3.28. The van der Waals surface area contributed by atoms with Gasteiger partial charge in [0, 0.05) is 17.5 Å². The van der Waals surface area contributed by atoms with Crippen molar-refractivity contribution >= 4 is 28.9 Å². The summed E-state index contributed by atoms with van der Waals surface area (Å²) in [6, 6.07) is 0. The largest absolute Gasteiger partial charge is 0.483 e. The highest BCUT2D eigenvalue weighted by molar-refractivity contribution is 8.00. The van der Waals surface area contributed by atoms with E-state index in [2.05, 4.69) is 13.8 Å². The van der Waals surface area contributed by atoms with Gasteiger partial charge in [-0.1, -0.05) is 25.2 Å². The number of carbonyl (C=O) groups excluding carboxylic acids is 1. The van der Waals surface area contributed by atoms with Crippen LogP contribution in [0, 0.1) is 5.92 Å².